The van der Waals surface area contributed by atoms with Crippen molar-refractivity contribution in [2.75, 3.05) is 32.8 Å². The molecule has 3 rings (SSSR count). The summed E-state index contributed by atoms with van der Waals surface area (Å²) in [6.45, 7) is 7.00. The monoisotopic (exact) mass is 293 g/mol. The lowest BCUT2D eigenvalue weighted by Gasteiger charge is -2.25. The number of rotatable bonds is 4. The zero-order valence-corrected chi connectivity index (χ0v) is 13.2. The van der Waals surface area contributed by atoms with E-state index in [0.29, 0.717) is 0 Å². The zero-order valence-electron chi connectivity index (χ0n) is 13.2. The Bertz CT molecular complexity index is 610. The van der Waals surface area contributed by atoms with Crippen molar-refractivity contribution in [2.24, 2.45) is 0 Å². The van der Waals surface area contributed by atoms with E-state index in [1.807, 2.05) is 0 Å². The summed E-state index contributed by atoms with van der Waals surface area (Å²) < 4.78 is 5.38. The minimum atomic E-state index is 0.860. The highest BCUT2D eigenvalue weighted by molar-refractivity contribution is 5.69. The van der Waals surface area contributed by atoms with Crippen molar-refractivity contribution >= 4 is 5.57 Å². The average Bonchev–Trinajstić information content (AvgIpc) is 2.61. The molecule has 2 aromatic carbocycles. The smallest absolute Gasteiger partial charge is 0.0594 e. The highest BCUT2D eigenvalue weighted by atomic mass is 16.5. The van der Waals surface area contributed by atoms with Crippen molar-refractivity contribution in [2.45, 2.75) is 6.92 Å². The predicted octanol–water partition coefficient (Wildman–Crippen LogP) is 4.09. The van der Waals surface area contributed by atoms with Crippen molar-refractivity contribution in [1.82, 2.24) is 4.90 Å². The van der Waals surface area contributed by atoms with Gasteiger partial charge in [0.15, 0.2) is 0 Å². The van der Waals surface area contributed by atoms with Gasteiger partial charge in [-0.15, -0.1) is 0 Å². The first-order valence-electron chi connectivity index (χ1n) is 7.96. The Morgan fingerprint density at radius 1 is 0.955 bits per heavy atom. The maximum absolute atomic E-state index is 5.38. The van der Waals surface area contributed by atoms with Crippen molar-refractivity contribution in [3.05, 3.63) is 66.2 Å². The van der Waals surface area contributed by atoms with Crippen LogP contribution in [0.1, 0.15) is 12.5 Å². The third-order valence-electron chi connectivity index (χ3n) is 4.21. The molecule has 0 aromatic heterocycles. The lowest BCUT2D eigenvalue weighted by Crippen LogP contribution is -2.36. The molecule has 1 saturated heterocycles. The minimum Gasteiger partial charge on any atom is -0.379 e. The summed E-state index contributed by atoms with van der Waals surface area (Å²) in [5, 5.41) is 0. The SMILES string of the molecule is C/C(=C\CN1CCOCC1)c1ccc(-c2ccccc2)cc1. The first-order chi connectivity index (χ1) is 10.8. The topological polar surface area (TPSA) is 12.5 Å². The van der Waals surface area contributed by atoms with E-state index in [4.69, 9.17) is 4.74 Å². The van der Waals surface area contributed by atoms with E-state index in [-0.39, 0.29) is 0 Å². The molecule has 0 radical (unpaired) electrons. The van der Waals surface area contributed by atoms with Crippen molar-refractivity contribution < 1.29 is 4.74 Å². The number of ether oxygens (including phenoxy) is 1. The Balaban J connectivity index is 1.66. The van der Waals surface area contributed by atoms with Crippen molar-refractivity contribution in [3.8, 4) is 11.1 Å². The summed E-state index contributed by atoms with van der Waals surface area (Å²) >= 11 is 0. The van der Waals surface area contributed by atoms with Crippen LogP contribution in [0.15, 0.2) is 60.7 Å². The molecule has 0 unspecified atom stereocenters. The van der Waals surface area contributed by atoms with Gasteiger partial charge in [-0.1, -0.05) is 60.7 Å². The van der Waals surface area contributed by atoms with Crippen molar-refractivity contribution in [1.29, 1.82) is 0 Å². The average molecular weight is 293 g/mol. The molecule has 1 fully saturated rings. The lowest BCUT2D eigenvalue weighted by molar-refractivity contribution is 0.0435. The van der Waals surface area contributed by atoms with Crippen LogP contribution in [0, 0.1) is 0 Å². The molecule has 2 nitrogen and oxygen atoms in total. The van der Waals surface area contributed by atoms with Crippen LogP contribution < -0.4 is 0 Å². The van der Waals surface area contributed by atoms with Crippen LogP contribution in [0.2, 0.25) is 0 Å². The molecule has 1 aliphatic rings. The molecule has 2 heteroatoms. The fourth-order valence-electron chi connectivity index (χ4n) is 2.72. The molecule has 0 N–H and O–H groups in total. The summed E-state index contributed by atoms with van der Waals surface area (Å²) in [7, 11) is 0. The van der Waals surface area contributed by atoms with Gasteiger partial charge in [-0.3, -0.25) is 4.90 Å². The van der Waals surface area contributed by atoms with Gasteiger partial charge in [0, 0.05) is 19.6 Å². The van der Waals surface area contributed by atoms with Gasteiger partial charge >= 0.3 is 0 Å². The van der Waals surface area contributed by atoms with E-state index in [0.717, 1.165) is 32.8 Å². The van der Waals surface area contributed by atoms with Gasteiger partial charge in [-0.05, 0) is 29.2 Å². The predicted molar refractivity (Wildman–Crippen MR) is 92.8 cm³/mol. The Morgan fingerprint density at radius 2 is 1.59 bits per heavy atom. The fourth-order valence-corrected chi connectivity index (χ4v) is 2.72. The summed E-state index contributed by atoms with van der Waals surface area (Å²) in [4.78, 5) is 2.44. The van der Waals surface area contributed by atoms with Crippen LogP contribution >= 0.6 is 0 Å². The first-order valence-corrected chi connectivity index (χ1v) is 7.96. The van der Waals surface area contributed by atoms with Gasteiger partial charge in [0.2, 0.25) is 0 Å². The van der Waals surface area contributed by atoms with E-state index in [1.54, 1.807) is 0 Å². The molecule has 22 heavy (non-hydrogen) atoms. The highest BCUT2D eigenvalue weighted by Crippen LogP contribution is 2.22. The minimum absolute atomic E-state index is 0.860. The van der Waals surface area contributed by atoms with Crippen LogP contribution in [0.25, 0.3) is 16.7 Å². The normalized spacial score (nSPS) is 16.7. The molecule has 0 atom stereocenters. The summed E-state index contributed by atoms with van der Waals surface area (Å²) in [5.41, 5.74) is 5.17. The molecule has 0 spiro atoms. The standard InChI is InChI=1S/C20H23NO/c1-17(11-12-21-13-15-22-16-14-21)18-7-9-20(10-8-18)19-5-3-2-4-6-19/h2-11H,12-16H2,1H3/b17-11+. The Kier molecular flexibility index (Phi) is 5.04. The number of allylic oxidation sites excluding steroid dienone is 1. The molecule has 0 bridgehead atoms. The number of nitrogens with zero attached hydrogens (tertiary/aromatic N) is 1. The van der Waals surface area contributed by atoms with Gasteiger partial charge in [-0.2, -0.15) is 0 Å². The first kappa shape index (κ1) is 15.0. The molecule has 0 saturated carbocycles. The number of hydrogen-bond donors (Lipinski definition) is 0. The Morgan fingerprint density at radius 3 is 2.27 bits per heavy atom. The quantitative estimate of drug-likeness (QED) is 0.842. The van der Waals surface area contributed by atoms with Crippen LogP contribution in [-0.2, 0) is 4.74 Å². The molecule has 0 aliphatic carbocycles. The maximum atomic E-state index is 5.38. The van der Waals surface area contributed by atoms with Gasteiger partial charge in [-0.25, -0.2) is 0 Å². The fraction of sp³-hybridized carbons (Fsp3) is 0.300. The molecular formula is C20H23NO. The second kappa shape index (κ2) is 7.39. The number of hydrogen-bond acceptors (Lipinski definition) is 2. The summed E-state index contributed by atoms with van der Waals surface area (Å²) in [6.07, 6.45) is 2.32. The Labute approximate surface area is 133 Å². The van der Waals surface area contributed by atoms with E-state index in [2.05, 4.69) is 72.5 Å². The molecule has 1 heterocycles. The van der Waals surface area contributed by atoms with Crippen LogP contribution in [0.4, 0.5) is 0 Å². The number of morpholine rings is 1. The van der Waals surface area contributed by atoms with Crippen LogP contribution in [0.3, 0.4) is 0 Å². The lowest BCUT2D eigenvalue weighted by atomic mass is 10.0. The molecular weight excluding hydrogens is 270 g/mol. The van der Waals surface area contributed by atoms with E-state index in [1.165, 1.54) is 22.3 Å². The summed E-state index contributed by atoms with van der Waals surface area (Å²) in [5.74, 6) is 0. The molecule has 2 aromatic rings. The molecule has 0 amide bonds. The van der Waals surface area contributed by atoms with E-state index in [9.17, 15) is 0 Å². The second-order valence-corrected chi connectivity index (χ2v) is 5.74. The molecule has 114 valence electrons. The maximum Gasteiger partial charge on any atom is 0.0594 e. The van der Waals surface area contributed by atoms with Gasteiger partial charge in [0.05, 0.1) is 13.2 Å². The van der Waals surface area contributed by atoms with E-state index < -0.39 is 0 Å². The number of benzene rings is 2. The Hall–Kier alpha value is -1.90. The van der Waals surface area contributed by atoms with Gasteiger partial charge in [0.1, 0.15) is 0 Å². The second-order valence-electron chi connectivity index (χ2n) is 5.74. The van der Waals surface area contributed by atoms with Crippen LogP contribution in [0.5, 0.6) is 0 Å². The van der Waals surface area contributed by atoms with E-state index >= 15 is 0 Å². The summed E-state index contributed by atoms with van der Waals surface area (Å²) in [6, 6.07) is 19.4. The molecule has 1 aliphatic heterocycles. The third-order valence-corrected chi connectivity index (χ3v) is 4.21. The van der Waals surface area contributed by atoms with Gasteiger partial charge in [0.25, 0.3) is 0 Å². The largest absolute Gasteiger partial charge is 0.379 e. The van der Waals surface area contributed by atoms with Gasteiger partial charge < -0.3 is 4.74 Å². The zero-order chi connectivity index (χ0) is 15.2. The highest BCUT2D eigenvalue weighted by Gasteiger charge is 2.08. The third kappa shape index (κ3) is 3.85. The van der Waals surface area contributed by atoms with Crippen LogP contribution in [-0.4, -0.2) is 37.7 Å². The van der Waals surface area contributed by atoms with Crippen molar-refractivity contribution in [3.63, 3.8) is 0 Å².